The number of fused-ring (bicyclic) bond motifs is 5. The average molecular weight is 477 g/mol. The lowest BCUT2D eigenvalue weighted by molar-refractivity contribution is -0.178. The largest absolute Gasteiger partial charge is 0.463 e. The summed E-state index contributed by atoms with van der Waals surface area (Å²) in [4.78, 5) is 23.9. The maximum atomic E-state index is 12.3. The Kier molecular flexibility index (Phi) is 6.27. The van der Waals surface area contributed by atoms with E-state index in [-0.39, 0.29) is 23.5 Å². The van der Waals surface area contributed by atoms with E-state index in [9.17, 15) is 9.59 Å². The lowest BCUT2D eigenvalue weighted by Crippen LogP contribution is -2.57. The Labute approximate surface area is 210 Å². The molecule has 0 amide bonds. The zero-order chi connectivity index (χ0) is 24.8. The summed E-state index contributed by atoms with van der Waals surface area (Å²) < 4.78 is 11.8. The summed E-state index contributed by atoms with van der Waals surface area (Å²) in [6.07, 6.45) is 9.77. The molecule has 5 rings (SSSR count). The number of carbonyl (C=O) groups excluding carboxylic acids is 2. The molecule has 0 saturated heterocycles. The summed E-state index contributed by atoms with van der Waals surface area (Å²) in [7, 11) is 0. The zero-order valence-corrected chi connectivity index (χ0v) is 21.8. The lowest BCUT2D eigenvalue weighted by Gasteiger charge is -2.61. The fourth-order valence-electron chi connectivity index (χ4n) is 8.90. The number of rotatable bonds is 2. The van der Waals surface area contributed by atoms with Crippen LogP contribution in [-0.4, -0.2) is 23.6 Å². The van der Waals surface area contributed by atoms with Crippen molar-refractivity contribution in [2.45, 2.75) is 97.2 Å². The standard InChI is InChI=1S/C31H40O4/c1-21(32)34-25-13-16-29(3)24(20-25)10-11-26-27(29)14-17-30(4)28(26)15-19-31(30,35-22(2)33)18-12-23-8-6-5-7-9-23/h5-9,24-28H,10-11,13-17,19-20H2,1-4H3/t24-,25+,26-,27+,28-,29+,30-,31-/m1/s1. The van der Waals surface area contributed by atoms with Crippen LogP contribution >= 0.6 is 0 Å². The maximum absolute atomic E-state index is 12.3. The number of hydrogen-bond acceptors (Lipinski definition) is 4. The van der Waals surface area contributed by atoms with Gasteiger partial charge in [-0.15, -0.1) is 0 Å². The first kappa shape index (κ1) is 24.4. The molecule has 0 aromatic heterocycles. The Bertz CT molecular complexity index is 1040. The molecule has 4 fully saturated rings. The van der Waals surface area contributed by atoms with E-state index in [1.165, 1.54) is 33.1 Å². The van der Waals surface area contributed by atoms with Gasteiger partial charge in [-0.1, -0.05) is 38.0 Å². The molecule has 4 nitrogen and oxygen atoms in total. The van der Waals surface area contributed by atoms with E-state index in [1.807, 2.05) is 30.3 Å². The van der Waals surface area contributed by atoms with E-state index in [0.717, 1.165) is 44.1 Å². The topological polar surface area (TPSA) is 52.6 Å². The van der Waals surface area contributed by atoms with Gasteiger partial charge in [0.2, 0.25) is 0 Å². The van der Waals surface area contributed by atoms with Crippen LogP contribution in [0.3, 0.4) is 0 Å². The van der Waals surface area contributed by atoms with Gasteiger partial charge in [-0.25, -0.2) is 0 Å². The Balaban J connectivity index is 1.42. The summed E-state index contributed by atoms with van der Waals surface area (Å²) in [6.45, 7) is 7.94. The quantitative estimate of drug-likeness (QED) is 0.370. The third-order valence-electron chi connectivity index (χ3n) is 10.6. The molecule has 1 aromatic rings. The monoisotopic (exact) mass is 476 g/mol. The Morgan fingerprint density at radius 1 is 0.886 bits per heavy atom. The van der Waals surface area contributed by atoms with Gasteiger partial charge in [0.15, 0.2) is 5.60 Å². The van der Waals surface area contributed by atoms with Crippen molar-refractivity contribution in [2.75, 3.05) is 0 Å². The molecule has 0 radical (unpaired) electrons. The molecule has 35 heavy (non-hydrogen) atoms. The third kappa shape index (κ3) is 4.09. The van der Waals surface area contributed by atoms with Crippen molar-refractivity contribution in [1.82, 2.24) is 0 Å². The molecule has 0 spiro atoms. The van der Waals surface area contributed by atoms with E-state index in [4.69, 9.17) is 9.47 Å². The van der Waals surface area contributed by atoms with Crippen LogP contribution in [0.2, 0.25) is 0 Å². The van der Waals surface area contributed by atoms with Gasteiger partial charge < -0.3 is 9.47 Å². The molecule has 4 aliphatic carbocycles. The highest BCUT2D eigenvalue weighted by Crippen LogP contribution is 2.69. The Morgan fingerprint density at radius 2 is 1.63 bits per heavy atom. The minimum atomic E-state index is -0.713. The van der Waals surface area contributed by atoms with Crippen molar-refractivity contribution >= 4 is 11.9 Å². The number of carbonyl (C=O) groups is 2. The smallest absolute Gasteiger partial charge is 0.304 e. The van der Waals surface area contributed by atoms with Gasteiger partial charge in [0.05, 0.1) is 0 Å². The second-order valence-electron chi connectivity index (χ2n) is 12.2. The molecular formula is C31H40O4. The SMILES string of the molecule is CC(=O)O[C@H]1CC[C@@]2(C)[C@H](CC[C@H]3[C@H]4CC[C@@](C#Cc5ccccc5)(OC(C)=O)[C@]4(C)CC[C@@H]32)C1. The minimum Gasteiger partial charge on any atom is -0.463 e. The highest BCUT2D eigenvalue weighted by atomic mass is 16.6. The molecule has 8 atom stereocenters. The van der Waals surface area contributed by atoms with Crippen LogP contribution in [0.15, 0.2) is 30.3 Å². The third-order valence-corrected chi connectivity index (χ3v) is 10.6. The van der Waals surface area contributed by atoms with Gasteiger partial charge in [-0.3, -0.25) is 9.59 Å². The fraction of sp³-hybridized carbons (Fsp3) is 0.677. The van der Waals surface area contributed by atoms with E-state index in [2.05, 4.69) is 25.7 Å². The molecule has 4 saturated carbocycles. The predicted molar refractivity (Wildman–Crippen MR) is 135 cm³/mol. The molecular weight excluding hydrogens is 436 g/mol. The highest BCUT2D eigenvalue weighted by molar-refractivity contribution is 5.67. The van der Waals surface area contributed by atoms with Crippen LogP contribution in [0.5, 0.6) is 0 Å². The molecule has 0 bridgehead atoms. The molecule has 4 heteroatoms. The van der Waals surface area contributed by atoms with Crippen molar-refractivity contribution in [3.8, 4) is 11.8 Å². The van der Waals surface area contributed by atoms with Crippen LogP contribution < -0.4 is 0 Å². The van der Waals surface area contributed by atoms with E-state index < -0.39 is 5.60 Å². The fourth-order valence-corrected chi connectivity index (χ4v) is 8.90. The van der Waals surface area contributed by atoms with Crippen LogP contribution in [-0.2, 0) is 19.1 Å². The van der Waals surface area contributed by atoms with Crippen LogP contribution in [0, 0.1) is 46.3 Å². The molecule has 4 aliphatic rings. The number of hydrogen-bond donors (Lipinski definition) is 0. The number of esters is 2. The normalized spacial score (nSPS) is 41.9. The molecule has 0 heterocycles. The number of benzene rings is 1. The summed E-state index contributed by atoms with van der Waals surface area (Å²) in [6, 6.07) is 10.0. The van der Waals surface area contributed by atoms with Crippen molar-refractivity contribution in [1.29, 1.82) is 0 Å². The minimum absolute atomic E-state index is 0.0901. The Hall–Kier alpha value is -2.28. The van der Waals surface area contributed by atoms with Crippen molar-refractivity contribution in [3.05, 3.63) is 35.9 Å². The van der Waals surface area contributed by atoms with Crippen LogP contribution in [0.1, 0.15) is 91.0 Å². The van der Waals surface area contributed by atoms with E-state index in [0.29, 0.717) is 29.1 Å². The van der Waals surface area contributed by atoms with Gasteiger partial charge in [0.1, 0.15) is 6.10 Å². The second kappa shape index (κ2) is 8.99. The van der Waals surface area contributed by atoms with Gasteiger partial charge in [0.25, 0.3) is 0 Å². The second-order valence-corrected chi connectivity index (χ2v) is 12.2. The predicted octanol–water partition coefficient (Wildman–Crippen LogP) is 6.31. The summed E-state index contributed by atoms with van der Waals surface area (Å²) in [5, 5.41) is 0. The van der Waals surface area contributed by atoms with E-state index >= 15 is 0 Å². The summed E-state index contributed by atoms with van der Waals surface area (Å²) in [5.74, 6) is 9.01. The zero-order valence-electron chi connectivity index (χ0n) is 21.8. The van der Waals surface area contributed by atoms with Crippen molar-refractivity contribution in [2.24, 2.45) is 34.5 Å². The molecule has 1 aromatic carbocycles. The van der Waals surface area contributed by atoms with Gasteiger partial charge >= 0.3 is 11.9 Å². The molecule has 0 aliphatic heterocycles. The Morgan fingerprint density at radius 3 is 2.34 bits per heavy atom. The first-order valence-electron chi connectivity index (χ1n) is 13.6. The van der Waals surface area contributed by atoms with Gasteiger partial charge in [-0.05, 0) is 105 Å². The first-order chi connectivity index (χ1) is 16.7. The van der Waals surface area contributed by atoms with Crippen molar-refractivity contribution < 1.29 is 19.1 Å². The summed E-state index contributed by atoms with van der Waals surface area (Å²) >= 11 is 0. The van der Waals surface area contributed by atoms with Crippen molar-refractivity contribution in [3.63, 3.8) is 0 Å². The van der Waals surface area contributed by atoms with Gasteiger partial charge in [0, 0.05) is 24.8 Å². The lowest BCUT2D eigenvalue weighted by atomic mass is 9.44. The average Bonchev–Trinajstić information content (AvgIpc) is 3.10. The highest BCUT2D eigenvalue weighted by Gasteiger charge is 2.66. The molecule has 0 unspecified atom stereocenters. The molecule has 188 valence electrons. The summed E-state index contributed by atoms with van der Waals surface area (Å²) in [5.41, 5.74) is 0.440. The van der Waals surface area contributed by atoms with Gasteiger partial charge in [-0.2, -0.15) is 0 Å². The maximum Gasteiger partial charge on any atom is 0.304 e. The van der Waals surface area contributed by atoms with Crippen LogP contribution in [0.4, 0.5) is 0 Å². The molecule has 0 N–H and O–H groups in total. The van der Waals surface area contributed by atoms with Crippen LogP contribution in [0.25, 0.3) is 0 Å². The number of ether oxygens (including phenoxy) is 2. The van der Waals surface area contributed by atoms with E-state index in [1.54, 1.807) is 0 Å². The first-order valence-corrected chi connectivity index (χ1v) is 13.6.